The lowest BCUT2D eigenvalue weighted by Gasteiger charge is -2.20. The summed E-state index contributed by atoms with van der Waals surface area (Å²) < 4.78 is 12.9. The Hall–Kier alpha value is -2.38. The van der Waals surface area contributed by atoms with Crippen LogP contribution in [0.15, 0.2) is 48.5 Å². The molecule has 2 aromatic carbocycles. The second-order valence-corrected chi connectivity index (χ2v) is 7.42. The highest BCUT2D eigenvalue weighted by molar-refractivity contribution is 7.80. The molecule has 3 N–H and O–H groups in total. The number of carbonyl (C=O) groups is 1. The highest BCUT2D eigenvalue weighted by Gasteiger charge is 2.23. The predicted molar refractivity (Wildman–Crippen MR) is 115 cm³/mol. The Labute approximate surface area is 174 Å². The molecule has 1 amide bonds. The molecule has 28 heavy (non-hydrogen) atoms. The van der Waals surface area contributed by atoms with E-state index >= 15 is 0 Å². The maximum Gasteiger partial charge on any atom is 0.251 e. The van der Waals surface area contributed by atoms with Gasteiger partial charge in [-0.3, -0.25) is 4.79 Å². The third-order valence-corrected chi connectivity index (χ3v) is 5.03. The second-order valence-electron chi connectivity index (χ2n) is 6.57. The van der Waals surface area contributed by atoms with Crippen LogP contribution in [0.3, 0.4) is 0 Å². The number of amides is 1. The Morgan fingerprint density at radius 1 is 1.11 bits per heavy atom. The van der Waals surface area contributed by atoms with Crippen LogP contribution in [0.2, 0.25) is 5.02 Å². The van der Waals surface area contributed by atoms with E-state index in [0.29, 0.717) is 23.8 Å². The lowest BCUT2D eigenvalue weighted by Crippen LogP contribution is -2.45. The van der Waals surface area contributed by atoms with Crippen LogP contribution in [0, 0.1) is 5.82 Å². The van der Waals surface area contributed by atoms with Crippen molar-refractivity contribution in [2.45, 2.75) is 12.5 Å². The summed E-state index contributed by atoms with van der Waals surface area (Å²) in [5.74, 6) is -0.605. The molecule has 5 nitrogen and oxygen atoms in total. The molecule has 0 bridgehead atoms. The number of carbonyl (C=O) groups excluding carboxylic acids is 1. The molecule has 1 aliphatic heterocycles. The van der Waals surface area contributed by atoms with E-state index in [4.69, 9.17) is 23.8 Å². The summed E-state index contributed by atoms with van der Waals surface area (Å²) in [5, 5.41) is 10.5. The van der Waals surface area contributed by atoms with Gasteiger partial charge in [-0.2, -0.15) is 0 Å². The Balaban J connectivity index is 1.34. The number of rotatable bonds is 6. The highest BCUT2D eigenvalue weighted by Crippen LogP contribution is 2.22. The molecule has 0 aromatic heterocycles. The van der Waals surface area contributed by atoms with Crippen LogP contribution >= 0.6 is 23.8 Å². The van der Waals surface area contributed by atoms with Crippen LogP contribution in [0.1, 0.15) is 16.8 Å². The first-order chi connectivity index (χ1) is 13.5. The minimum Gasteiger partial charge on any atom is -0.369 e. The van der Waals surface area contributed by atoms with Crippen molar-refractivity contribution < 1.29 is 9.18 Å². The maximum atomic E-state index is 12.9. The molecule has 0 saturated carbocycles. The SMILES string of the molecule is O=C(NCCNC(=S)N[C@@H]1CCN(c2ccc(Cl)cc2)C1)c1ccc(F)cc1. The van der Waals surface area contributed by atoms with E-state index in [2.05, 4.69) is 20.9 Å². The van der Waals surface area contributed by atoms with Gasteiger partial charge in [-0.1, -0.05) is 11.6 Å². The lowest BCUT2D eigenvalue weighted by molar-refractivity contribution is 0.0954. The fraction of sp³-hybridized carbons (Fsp3) is 0.300. The third-order valence-electron chi connectivity index (χ3n) is 4.52. The van der Waals surface area contributed by atoms with Crippen LogP contribution in [-0.4, -0.2) is 43.2 Å². The molecule has 148 valence electrons. The summed E-state index contributed by atoms with van der Waals surface area (Å²) >= 11 is 11.3. The molecule has 8 heteroatoms. The molecule has 1 atom stereocenters. The summed E-state index contributed by atoms with van der Waals surface area (Å²) in [4.78, 5) is 14.2. The number of nitrogens with zero attached hydrogens (tertiary/aromatic N) is 1. The number of thiocarbonyl (C=S) groups is 1. The van der Waals surface area contributed by atoms with Gasteiger partial charge in [-0.05, 0) is 67.2 Å². The van der Waals surface area contributed by atoms with Crippen LogP contribution in [-0.2, 0) is 0 Å². The first kappa shape index (κ1) is 20.4. The van der Waals surface area contributed by atoms with Gasteiger partial charge in [0.25, 0.3) is 5.91 Å². The minimum atomic E-state index is -0.365. The van der Waals surface area contributed by atoms with Crippen molar-refractivity contribution in [2.75, 3.05) is 31.1 Å². The second kappa shape index (κ2) is 9.71. The van der Waals surface area contributed by atoms with Gasteiger partial charge in [0.1, 0.15) is 5.82 Å². The summed E-state index contributed by atoms with van der Waals surface area (Å²) in [6, 6.07) is 13.5. The van der Waals surface area contributed by atoms with Crippen molar-refractivity contribution in [1.29, 1.82) is 0 Å². The van der Waals surface area contributed by atoms with Crippen molar-refractivity contribution in [1.82, 2.24) is 16.0 Å². The molecule has 1 aliphatic rings. The van der Waals surface area contributed by atoms with E-state index < -0.39 is 0 Å². The van der Waals surface area contributed by atoms with Gasteiger partial charge in [-0.25, -0.2) is 4.39 Å². The number of hydrogen-bond donors (Lipinski definition) is 3. The summed E-state index contributed by atoms with van der Waals surface area (Å²) in [7, 11) is 0. The smallest absolute Gasteiger partial charge is 0.251 e. The Kier molecular flexibility index (Phi) is 7.06. The lowest BCUT2D eigenvalue weighted by atomic mass is 10.2. The van der Waals surface area contributed by atoms with Gasteiger partial charge in [-0.15, -0.1) is 0 Å². The minimum absolute atomic E-state index is 0.241. The van der Waals surface area contributed by atoms with E-state index in [1.807, 2.05) is 24.3 Å². The van der Waals surface area contributed by atoms with Gasteiger partial charge < -0.3 is 20.9 Å². The van der Waals surface area contributed by atoms with Crippen LogP contribution in [0.4, 0.5) is 10.1 Å². The molecule has 0 radical (unpaired) electrons. The Morgan fingerprint density at radius 3 is 2.50 bits per heavy atom. The quantitative estimate of drug-likeness (QED) is 0.495. The topological polar surface area (TPSA) is 56.4 Å². The van der Waals surface area contributed by atoms with E-state index in [-0.39, 0.29) is 17.8 Å². The molecule has 0 aliphatic carbocycles. The molecular formula is C20H22ClFN4OS. The van der Waals surface area contributed by atoms with E-state index in [9.17, 15) is 9.18 Å². The van der Waals surface area contributed by atoms with Gasteiger partial charge in [0, 0.05) is 48.5 Å². The summed E-state index contributed by atoms with van der Waals surface area (Å²) in [5.41, 5.74) is 1.58. The molecule has 1 saturated heterocycles. The van der Waals surface area contributed by atoms with Crippen molar-refractivity contribution in [3.63, 3.8) is 0 Å². The number of halogens is 2. The highest BCUT2D eigenvalue weighted by atomic mass is 35.5. The third kappa shape index (κ3) is 5.81. The normalized spacial score (nSPS) is 15.9. The number of benzene rings is 2. The molecular weight excluding hydrogens is 399 g/mol. The zero-order chi connectivity index (χ0) is 19.9. The summed E-state index contributed by atoms with van der Waals surface area (Å²) in [6.45, 7) is 2.74. The Morgan fingerprint density at radius 2 is 1.79 bits per heavy atom. The molecule has 1 heterocycles. The van der Waals surface area contributed by atoms with Crippen LogP contribution < -0.4 is 20.9 Å². The average Bonchev–Trinajstić information content (AvgIpc) is 3.14. The number of anilines is 1. The van der Waals surface area contributed by atoms with Crippen molar-refractivity contribution in [3.05, 3.63) is 64.9 Å². The van der Waals surface area contributed by atoms with Crippen molar-refractivity contribution in [3.8, 4) is 0 Å². The molecule has 1 fully saturated rings. The predicted octanol–water partition coefficient (Wildman–Crippen LogP) is 2.95. The molecule has 0 spiro atoms. The van der Waals surface area contributed by atoms with Crippen LogP contribution in [0.5, 0.6) is 0 Å². The van der Waals surface area contributed by atoms with E-state index in [1.165, 1.54) is 24.3 Å². The van der Waals surface area contributed by atoms with E-state index in [1.54, 1.807) is 0 Å². The van der Waals surface area contributed by atoms with E-state index in [0.717, 1.165) is 30.2 Å². The first-order valence-corrected chi connectivity index (χ1v) is 9.88. The monoisotopic (exact) mass is 420 g/mol. The van der Waals surface area contributed by atoms with Gasteiger partial charge in [0.2, 0.25) is 0 Å². The van der Waals surface area contributed by atoms with Crippen molar-refractivity contribution >= 4 is 40.5 Å². The average molecular weight is 421 g/mol. The fourth-order valence-corrected chi connectivity index (χ4v) is 3.45. The molecule has 3 rings (SSSR count). The van der Waals surface area contributed by atoms with Gasteiger partial charge in [0.05, 0.1) is 0 Å². The standard InChI is InChI=1S/C20H22ClFN4OS/c21-15-3-7-18(8-4-15)26-12-9-17(13-26)25-20(28)24-11-10-23-19(27)14-1-5-16(22)6-2-14/h1-8,17H,9-13H2,(H,23,27)(H2,24,25,28)/t17-/m1/s1. The van der Waals surface area contributed by atoms with Crippen molar-refractivity contribution in [2.24, 2.45) is 0 Å². The molecule has 2 aromatic rings. The zero-order valence-corrected chi connectivity index (χ0v) is 16.8. The summed E-state index contributed by atoms with van der Waals surface area (Å²) in [6.07, 6.45) is 0.992. The number of hydrogen-bond acceptors (Lipinski definition) is 3. The first-order valence-electron chi connectivity index (χ1n) is 9.10. The largest absolute Gasteiger partial charge is 0.369 e. The number of nitrogens with one attached hydrogen (secondary N) is 3. The van der Waals surface area contributed by atoms with Crippen LogP contribution in [0.25, 0.3) is 0 Å². The maximum absolute atomic E-state index is 12.9. The molecule has 0 unspecified atom stereocenters. The zero-order valence-electron chi connectivity index (χ0n) is 15.3. The Bertz CT molecular complexity index is 816. The van der Waals surface area contributed by atoms with Gasteiger partial charge in [0.15, 0.2) is 5.11 Å². The van der Waals surface area contributed by atoms with Gasteiger partial charge >= 0.3 is 0 Å². The fourth-order valence-electron chi connectivity index (χ4n) is 3.06.